The van der Waals surface area contributed by atoms with Crippen molar-refractivity contribution in [3.05, 3.63) is 29.7 Å². The minimum atomic E-state index is -1.00. The summed E-state index contributed by atoms with van der Waals surface area (Å²) in [5.41, 5.74) is 5.84. The van der Waals surface area contributed by atoms with Crippen LogP contribution >= 0.6 is 0 Å². The number of halogens is 2. The van der Waals surface area contributed by atoms with Gasteiger partial charge in [0.15, 0.2) is 11.6 Å². The van der Waals surface area contributed by atoms with Gasteiger partial charge in [-0.2, -0.15) is 0 Å². The number of aryl methyl sites for hydroxylation is 1. The topological polar surface area (TPSA) is 64.9 Å². The number of nitrogens with two attached hydrogens (primary N) is 1. The van der Waals surface area contributed by atoms with E-state index >= 15 is 0 Å². The Hall–Kier alpha value is -1.98. The van der Waals surface area contributed by atoms with E-state index in [4.69, 9.17) is 10.2 Å². The van der Waals surface area contributed by atoms with E-state index in [0.717, 1.165) is 18.6 Å². The normalized spacial score (nSPS) is 10.8. The maximum absolute atomic E-state index is 13.1. The third-order valence-corrected chi connectivity index (χ3v) is 2.25. The summed E-state index contributed by atoms with van der Waals surface area (Å²) < 4.78 is 31.3. The van der Waals surface area contributed by atoms with Crippen molar-refractivity contribution >= 4 is 5.69 Å². The van der Waals surface area contributed by atoms with Gasteiger partial charge in [-0.15, -0.1) is 10.2 Å². The Morgan fingerprint density at radius 1 is 1.24 bits per heavy atom. The third kappa shape index (κ3) is 2.25. The highest BCUT2D eigenvalue weighted by molar-refractivity contribution is 5.70. The highest BCUT2D eigenvalue weighted by atomic mass is 19.2. The van der Waals surface area contributed by atoms with Crippen LogP contribution in [0.5, 0.6) is 0 Å². The van der Waals surface area contributed by atoms with Gasteiger partial charge in [0, 0.05) is 18.2 Å². The Bertz CT molecular complexity index is 540. The number of rotatable bonds is 3. The van der Waals surface area contributed by atoms with Crippen LogP contribution in [0, 0.1) is 11.6 Å². The number of anilines is 1. The Balaban J connectivity index is 2.41. The van der Waals surface area contributed by atoms with E-state index in [1.54, 1.807) is 0 Å². The lowest BCUT2D eigenvalue weighted by Crippen LogP contribution is -1.94. The largest absolute Gasteiger partial charge is 0.421 e. The van der Waals surface area contributed by atoms with Crippen LogP contribution in [0.1, 0.15) is 19.2 Å². The van der Waals surface area contributed by atoms with Gasteiger partial charge in [-0.3, -0.25) is 0 Å². The molecule has 0 radical (unpaired) electrons. The molecule has 6 heteroatoms. The average molecular weight is 239 g/mol. The van der Waals surface area contributed by atoms with E-state index in [2.05, 4.69) is 10.2 Å². The molecule has 2 aromatic rings. The highest BCUT2D eigenvalue weighted by Gasteiger charge is 2.14. The molecule has 0 atom stereocenters. The van der Waals surface area contributed by atoms with Crippen LogP contribution in [0.15, 0.2) is 16.5 Å². The molecule has 0 saturated carbocycles. The van der Waals surface area contributed by atoms with Crippen LogP contribution in [0.25, 0.3) is 11.5 Å². The number of nitrogens with zero attached hydrogens (tertiary/aromatic N) is 2. The van der Waals surface area contributed by atoms with Gasteiger partial charge in [0.1, 0.15) is 0 Å². The zero-order valence-corrected chi connectivity index (χ0v) is 9.20. The summed E-state index contributed by atoms with van der Waals surface area (Å²) >= 11 is 0. The quantitative estimate of drug-likeness (QED) is 0.836. The molecule has 2 rings (SSSR count). The molecule has 0 bridgehead atoms. The van der Waals surface area contributed by atoms with Crippen LogP contribution < -0.4 is 5.73 Å². The molecule has 0 saturated heterocycles. The van der Waals surface area contributed by atoms with Gasteiger partial charge in [-0.1, -0.05) is 6.92 Å². The molecule has 17 heavy (non-hydrogen) atoms. The van der Waals surface area contributed by atoms with E-state index in [1.165, 1.54) is 0 Å². The van der Waals surface area contributed by atoms with Crippen molar-refractivity contribution in [3.8, 4) is 11.5 Å². The highest BCUT2D eigenvalue weighted by Crippen LogP contribution is 2.27. The fourth-order valence-electron chi connectivity index (χ4n) is 1.42. The van der Waals surface area contributed by atoms with Gasteiger partial charge < -0.3 is 10.2 Å². The summed E-state index contributed by atoms with van der Waals surface area (Å²) in [6, 6.07) is 1.85. The molecule has 0 spiro atoms. The maximum atomic E-state index is 13.1. The van der Waals surface area contributed by atoms with E-state index < -0.39 is 11.6 Å². The molecular weight excluding hydrogens is 228 g/mol. The van der Waals surface area contributed by atoms with Crippen LogP contribution in [-0.2, 0) is 6.42 Å². The summed E-state index contributed by atoms with van der Waals surface area (Å²) in [5.74, 6) is -1.44. The number of benzene rings is 1. The fourth-order valence-corrected chi connectivity index (χ4v) is 1.42. The van der Waals surface area contributed by atoms with E-state index in [-0.39, 0.29) is 17.1 Å². The Morgan fingerprint density at radius 2 is 1.94 bits per heavy atom. The second-order valence-electron chi connectivity index (χ2n) is 3.60. The molecule has 0 aliphatic carbocycles. The zero-order valence-electron chi connectivity index (χ0n) is 9.20. The molecule has 2 N–H and O–H groups in total. The molecule has 0 fully saturated rings. The van der Waals surface area contributed by atoms with E-state index in [9.17, 15) is 8.78 Å². The average Bonchev–Trinajstić information content (AvgIpc) is 2.72. The van der Waals surface area contributed by atoms with Crippen molar-refractivity contribution in [2.45, 2.75) is 19.8 Å². The molecule has 1 heterocycles. The Kier molecular flexibility index (Phi) is 3.03. The molecule has 4 nitrogen and oxygen atoms in total. The predicted octanol–water partition coefficient (Wildman–Crippen LogP) is 2.55. The molecule has 0 unspecified atom stereocenters. The van der Waals surface area contributed by atoms with Gasteiger partial charge >= 0.3 is 0 Å². The van der Waals surface area contributed by atoms with Crippen molar-refractivity contribution < 1.29 is 13.2 Å². The number of nitrogen functional groups attached to an aromatic ring is 1. The Morgan fingerprint density at radius 3 is 2.65 bits per heavy atom. The van der Waals surface area contributed by atoms with Crippen LogP contribution in [0.3, 0.4) is 0 Å². The SMILES string of the molecule is CCCc1nnc(-c2cc(F)c(F)cc2N)o1. The van der Waals surface area contributed by atoms with E-state index in [0.29, 0.717) is 12.3 Å². The minimum absolute atomic E-state index is 0.0654. The van der Waals surface area contributed by atoms with Gasteiger partial charge in [-0.25, -0.2) is 8.78 Å². The Labute approximate surface area is 96.5 Å². The molecule has 0 aliphatic heterocycles. The summed E-state index contributed by atoms with van der Waals surface area (Å²) in [6.07, 6.45) is 1.49. The second-order valence-corrected chi connectivity index (χ2v) is 3.60. The first-order valence-electron chi connectivity index (χ1n) is 5.19. The van der Waals surface area contributed by atoms with Gasteiger partial charge in [0.2, 0.25) is 11.8 Å². The van der Waals surface area contributed by atoms with Gasteiger partial charge in [0.05, 0.1) is 5.56 Å². The van der Waals surface area contributed by atoms with Crippen molar-refractivity contribution in [2.75, 3.05) is 5.73 Å². The van der Waals surface area contributed by atoms with Crippen molar-refractivity contribution in [1.82, 2.24) is 10.2 Å². The van der Waals surface area contributed by atoms with Gasteiger partial charge in [-0.05, 0) is 12.5 Å². The summed E-state index contributed by atoms with van der Waals surface area (Å²) in [5, 5.41) is 7.54. The summed E-state index contributed by atoms with van der Waals surface area (Å²) in [7, 11) is 0. The maximum Gasteiger partial charge on any atom is 0.249 e. The van der Waals surface area contributed by atoms with Crippen LogP contribution in [0.2, 0.25) is 0 Å². The first-order valence-corrected chi connectivity index (χ1v) is 5.19. The monoisotopic (exact) mass is 239 g/mol. The van der Waals surface area contributed by atoms with Crippen molar-refractivity contribution in [3.63, 3.8) is 0 Å². The minimum Gasteiger partial charge on any atom is -0.421 e. The lowest BCUT2D eigenvalue weighted by Gasteiger charge is -2.01. The smallest absolute Gasteiger partial charge is 0.249 e. The molecule has 90 valence electrons. The predicted molar refractivity (Wildman–Crippen MR) is 58.1 cm³/mol. The lowest BCUT2D eigenvalue weighted by atomic mass is 10.1. The first-order chi connectivity index (χ1) is 8.11. The number of aromatic nitrogens is 2. The first kappa shape index (κ1) is 11.5. The molecule has 1 aromatic heterocycles. The van der Waals surface area contributed by atoms with E-state index in [1.807, 2.05) is 6.92 Å². The lowest BCUT2D eigenvalue weighted by molar-refractivity contribution is 0.497. The van der Waals surface area contributed by atoms with Crippen LogP contribution in [-0.4, -0.2) is 10.2 Å². The molecule has 0 aliphatic rings. The summed E-state index contributed by atoms with van der Waals surface area (Å²) in [6.45, 7) is 1.97. The standard InChI is InChI=1S/C11H11F2N3O/c1-2-3-10-15-16-11(17-10)6-4-7(12)8(13)5-9(6)14/h4-5H,2-3,14H2,1H3. The fraction of sp³-hybridized carbons (Fsp3) is 0.273. The van der Waals surface area contributed by atoms with Crippen molar-refractivity contribution in [2.24, 2.45) is 0 Å². The molecule has 0 amide bonds. The van der Waals surface area contributed by atoms with Crippen LogP contribution in [0.4, 0.5) is 14.5 Å². The zero-order chi connectivity index (χ0) is 12.4. The summed E-state index contributed by atoms with van der Waals surface area (Å²) in [4.78, 5) is 0. The number of hydrogen-bond donors (Lipinski definition) is 1. The van der Waals surface area contributed by atoms with Crippen molar-refractivity contribution in [1.29, 1.82) is 0 Å². The molecule has 1 aromatic carbocycles. The third-order valence-electron chi connectivity index (χ3n) is 2.25. The molecular formula is C11H11F2N3O. The van der Waals surface area contributed by atoms with Gasteiger partial charge in [0.25, 0.3) is 0 Å². The number of hydrogen-bond acceptors (Lipinski definition) is 4. The second kappa shape index (κ2) is 4.48.